The second-order valence-electron chi connectivity index (χ2n) is 8.15. The average molecular weight is 463 g/mol. The van der Waals surface area contributed by atoms with Gasteiger partial charge in [0.05, 0.1) is 5.56 Å². The molecule has 1 fully saturated rings. The molecule has 1 N–H and O–H groups in total. The Morgan fingerprint density at radius 2 is 1.55 bits per heavy atom. The standard InChI is InChI=1S/C27H27ClN2O3/c28-22-12-7-21(8-13-22)19-33-25-6-2-1-5-24(25)27(32)29-23-14-9-20(10-15-23)11-16-26(31)30-17-3-4-18-30/h1-2,5-10,12-15H,3-4,11,16-19H2,(H,29,32). The van der Waals surface area contributed by atoms with Gasteiger partial charge in [0.2, 0.25) is 5.91 Å². The van der Waals surface area contributed by atoms with Gasteiger partial charge >= 0.3 is 0 Å². The number of halogens is 1. The largest absolute Gasteiger partial charge is 0.488 e. The lowest BCUT2D eigenvalue weighted by atomic mass is 10.1. The molecule has 0 spiro atoms. The van der Waals surface area contributed by atoms with Crippen LogP contribution in [-0.2, 0) is 17.8 Å². The number of hydrogen-bond donors (Lipinski definition) is 1. The van der Waals surface area contributed by atoms with Gasteiger partial charge < -0.3 is 15.0 Å². The molecule has 6 heteroatoms. The summed E-state index contributed by atoms with van der Waals surface area (Å²) in [4.78, 5) is 27.1. The Hall–Kier alpha value is -3.31. The molecule has 1 aliphatic heterocycles. The van der Waals surface area contributed by atoms with E-state index in [2.05, 4.69) is 5.32 Å². The van der Waals surface area contributed by atoms with Crippen molar-refractivity contribution in [1.82, 2.24) is 4.90 Å². The van der Waals surface area contributed by atoms with Gasteiger partial charge in [-0.25, -0.2) is 0 Å². The highest BCUT2D eigenvalue weighted by atomic mass is 35.5. The van der Waals surface area contributed by atoms with Crippen LogP contribution >= 0.6 is 11.6 Å². The van der Waals surface area contributed by atoms with Crippen LogP contribution in [0, 0.1) is 0 Å². The Kier molecular flexibility index (Phi) is 7.63. The molecule has 0 saturated carbocycles. The van der Waals surface area contributed by atoms with Gasteiger partial charge in [0.1, 0.15) is 12.4 Å². The summed E-state index contributed by atoms with van der Waals surface area (Å²) >= 11 is 5.93. The predicted octanol–water partition coefficient (Wildman–Crippen LogP) is 5.73. The maximum Gasteiger partial charge on any atom is 0.259 e. The monoisotopic (exact) mass is 462 g/mol. The number of likely N-dealkylation sites (tertiary alicyclic amines) is 1. The molecule has 3 aromatic rings. The van der Waals surface area contributed by atoms with Gasteiger partial charge in [0.25, 0.3) is 5.91 Å². The zero-order chi connectivity index (χ0) is 23.0. The van der Waals surface area contributed by atoms with Crippen molar-refractivity contribution in [1.29, 1.82) is 0 Å². The maximum atomic E-state index is 12.9. The summed E-state index contributed by atoms with van der Waals surface area (Å²) in [6.07, 6.45) is 3.43. The molecule has 0 aromatic heterocycles. The zero-order valence-corrected chi connectivity index (χ0v) is 19.2. The highest BCUT2D eigenvalue weighted by Gasteiger charge is 2.17. The summed E-state index contributed by atoms with van der Waals surface area (Å²) in [5.41, 5.74) is 3.20. The van der Waals surface area contributed by atoms with E-state index in [1.54, 1.807) is 12.1 Å². The van der Waals surface area contributed by atoms with Gasteiger partial charge in [-0.05, 0) is 66.8 Å². The Labute approximate surface area is 199 Å². The Morgan fingerprint density at radius 1 is 0.879 bits per heavy atom. The van der Waals surface area contributed by atoms with Gasteiger partial charge in [0, 0.05) is 30.2 Å². The summed E-state index contributed by atoms with van der Waals surface area (Å²) in [6.45, 7) is 2.11. The van der Waals surface area contributed by atoms with Gasteiger partial charge in [-0.2, -0.15) is 0 Å². The number of carbonyl (C=O) groups excluding carboxylic acids is 2. The first-order valence-corrected chi connectivity index (χ1v) is 11.6. The first kappa shape index (κ1) is 22.9. The summed E-state index contributed by atoms with van der Waals surface area (Å²) in [5.74, 6) is 0.501. The number of amides is 2. The van der Waals surface area contributed by atoms with Crippen molar-refractivity contribution in [3.8, 4) is 5.75 Å². The molecular weight excluding hydrogens is 436 g/mol. The molecule has 5 nitrogen and oxygen atoms in total. The molecule has 170 valence electrons. The summed E-state index contributed by atoms with van der Waals surface area (Å²) < 4.78 is 5.90. The van der Waals surface area contributed by atoms with Crippen LogP contribution in [-0.4, -0.2) is 29.8 Å². The molecule has 4 rings (SSSR count). The highest BCUT2D eigenvalue weighted by molar-refractivity contribution is 6.30. The zero-order valence-electron chi connectivity index (χ0n) is 18.4. The van der Waals surface area contributed by atoms with Crippen LogP contribution in [0.15, 0.2) is 72.8 Å². The first-order valence-electron chi connectivity index (χ1n) is 11.2. The number of rotatable bonds is 8. The van der Waals surface area contributed by atoms with Gasteiger partial charge in [0.15, 0.2) is 0 Å². The van der Waals surface area contributed by atoms with Gasteiger partial charge in [-0.15, -0.1) is 0 Å². The number of nitrogens with zero attached hydrogens (tertiary/aromatic N) is 1. The van der Waals surface area contributed by atoms with Crippen LogP contribution in [0.4, 0.5) is 5.69 Å². The highest BCUT2D eigenvalue weighted by Crippen LogP contribution is 2.22. The fraction of sp³-hybridized carbons (Fsp3) is 0.259. The van der Waals surface area contributed by atoms with E-state index in [1.165, 1.54) is 0 Å². The van der Waals surface area contributed by atoms with Crippen molar-refractivity contribution in [3.05, 3.63) is 94.5 Å². The van der Waals surface area contributed by atoms with Crippen LogP contribution in [0.5, 0.6) is 5.75 Å². The Bertz CT molecular complexity index is 1090. The van der Waals surface area contributed by atoms with Crippen molar-refractivity contribution < 1.29 is 14.3 Å². The number of benzene rings is 3. The van der Waals surface area contributed by atoms with Gasteiger partial charge in [-0.3, -0.25) is 9.59 Å². The maximum absolute atomic E-state index is 12.9. The van der Waals surface area contributed by atoms with Crippen molar-refractivity contribution in [3.63, 3.8) is 0 Å². The van der Waals surface area contributed by atoms with Crippen LogP contribution < -0.4 is 10.1 Å². The number of aryl methyl sites for hydroxylation is 1. The lowest BCUT2D eigenvalue weighted by molar-refractivity contribution is -0.130. The SMILES string of the molecule is O=C(Nc1ccc(CCC(=O)N2CCCC2)cc1)c1ccccc1OCc1ccc(Cl)cc1. The van der Waals surface area contributed by atoms with E-state index >= 15 is 0 Å². The van der Waals surface area contributed by atoms with Gasteiger partial charge in [-0.1, -0.05) is 48.0 Å². The smallest absolute Gasteiger partial charge is 0.259 e. The molecule has 2 amide bonds. The molecule has 3 aromatic carbocycles. The van der Waals surface area contributed by atoms with E-state index in [-0.39, 0.29) is 11.8 Å². The van der Waals surface area contributed by atoms with E-state index in [1.807, 2.05) is 65.6 Å². The average Bonchev–Trinajstić information content (AvgIpc) is 3.38. The number of ether oxygens (including phenoxy) is 1. The third-order valence-electron chi connectivity index (χ3n) is 5.74. The van der Waals surface area contributed by atoms with Crippen molar-refractivity contribution in [2.24, 2.45) is 0 Å². The Morgan fingerprint density at radius 3 is 2.27 bits per heavy atom. The quantitative estimate of drug-likeness (QED) is 0.465. The molecule has 0 bridgehead atoms. The topological polar surface area (TPSA) is 58.6 Å². The van der Waals surface area contributed by atoms with Crippen molar-refractivity contribution in [2.75, 3.05) is 18.4 Å². The van der Waals surface area contributed by atoms with Crippen molar-refractivity contribution >= 4 is 29.1 Å². The fourth-order valence-corrected chi connectivity index (χ4v) is 3.98. The predicted molar refractivity (Wildman–Crippen MR) is 131 cm³/mol. The third kappa shape index (κ3) is 6.36. The fourth-order valence-electron chi connectivity index (χ4n) is 3.85. The molecule has 33 heavy (non-hydrogen) atoms. The normalized spacial score (nSPS) is 13.1. The van der Waals surface area contributed by atoms with Crippen LogP contribution in [0.3, 0.4) is 0 Å². The minimum Gasteiger partial charge on any atom is -0.488 e. The van der Waals surface area contributed by atoms with E-state index < -0.39 is 0 Å². The number of anilines is 1. The first-order chi connectivity index (χ1) is 16.1. The van der Waals surface area contributed by atoms with E-state index in [4.69, 9.17) is 16.3 Å². The molecule has 1 aliphatic rings. The second kappa shape index (κ2) is 11.0. The lowest BCUT2D eigenvalue weighted by Crippen LogP contribution is -2.27. The number of carbonyl (C=O) groups is 2. The second-order valence-corrected chi connectivity index (χ2v) is 8.59. The minimum absolute atomic E-state index is 0.222. The van der Waals surface area contributed by atoms with Crippen LogP contribution in [0.25, 0.3) is 0 Å². The summed E-state index contributed by atoms with van der Waals surface area (Å²) in [7, 11) is 0. The molecule has 1 saturated heterocycles. The van der Waals surface area contributed by atoms with E-state index in [9.17, 15) is 9.59 Å². The van der Waals surface area contributed by atoms with E-state index in [0.29, 0.717) is 41.5 Å². The molecule has 0 atom stereocenters. The lowest BCUT2D eigenvalue weighted by Gasteiger charge is -2.15. The van der Waals surface area contributed by atoms with Crippen LogP contribution in [0.1, 0.15) is 40.7 Å². The molecule has 0 unspecified atom stereocenters. The number of nitrogens with one attached hydrogen (secondary N) is 1. The number of para-hydroxylation sites is 1. The molecule has 0 aliphatic carbocycles. The number of hydrogen-bond acceptors (Lipinski definition) is 3. The molecular formula is C27H27ClN2O3. The molecule has 0 radical (unpaired) electrons. The van der Waals surface area contributed by atoms with Crippen molar-refractivity contribution in [2.45, 2.75) is 32.3 Å². The summed E-state index contributed by atoms with van der Waals surface area (Å²) in [6, 6.07) is 22.2. The van der Waals surface area contributed by atoms with Crippen LogP contribution in [0.2, 0.25) is 5.02 Å². The Balaban J connectivity index is 1.33. The summed E-state index contributed by atoms with van der Waals surface area (Å²) in [5, 5.41) is 3.60. The van der Waals surface area contributed by atoms with E-state index in [0.717, 1.165) is 37.1 Å². The minimum atomic E-state index is -0.237. The third-order valence-corrected chi connectivity index (χ3v) is 5.99. The molecule has 1 heterocycles.